The van der Waals surface area contributed by atoms with Gasteiger partial charge in [0.2, 0.25) is 0 Å². The minimum Gasteiger partial charge on any atom is -0.490 e. The van der Waals surface area contributed by atoms with Gasteiger partial charge in [-0.1, -0.05) is 30.3 Å². The van der Waals surface area contributed by atoms with Crippen LogP contribution < -0.4 is 9.47 Å². The standard InChI is InChI=1S/C15H15FO2/c1-2-17-14-9-5-6-10-15(14)18-11-12-7-3-4-8-13(12)16/h3-10H,2,11H2,1H3. The van der Waals surface area contributed by atoms with Gasteiger partial charge in [-0.15, -0.1) is 0 Å². The Morgan fingerprint density at radius 3 is 2.17 bits per heavy atom. The summed E-state index contributed by atoms with van der Waals surface area (Å²) < 4.78 is 24.5. The largest absolute Gasteiger partial charge is 0.490 e. The molecule has 94 valence electrons. The molecule has 0 aromatic heterocycles. The Morgan fingerprint density at radius 2 is 1.50 bits per heavy atom. The zero-order chi connectivity index (χ0) is 12.8. The van der Waals surface area contributed by atoms with Gasteiger partial charge in [0.05, 0.1) is 6.61 Å². The van der Waals surface area contributed by atoms with Crippen LogP contribution in [0.25, 0.3) is 0 Å². The third kappa shape index (κ3) is 3.00. The molecule has 0 amide bonds. The lowest BCUT2D eigenvalue weighted by molar-refractivity contribution is 0.266. The summed E-state index contributed by atoms with van der Waals surface area (Å²) in [6.45, 7) is 2.67. The number of halogens is 1. The molecule has 0 spiro atoms. The van der Waals surface area contributed by atoms with Crippen LogP contribution >= 0.6 is 0 Å². The fourth-order valence-corrected chi connectivity index (χ4v) is 1.62. The number of rotatable bonds is 5. The highest BCUT2D eigenvalue weighted by Gasteiger charge is 2.05. The van der Waals surface area contributed by atoms with Crippen LogP contribution in [0.15, 0.2) is 48.5 Å². The third-order valence-electron chi connectivity index (χ3n) is 2.49. The van der Waals surface area contributed by atoms with Crippen LogP contribution in [-0.2, 0) is 6.61 Å². The minimum absolute atomic E-state index is 0.191. The van der Waals surface area contributed by atoms with Crippen LogP contribution in [0.3, 0.4) is 0 Å². The molecule has 0 aliphatic carbocycles. The molecule has 2 aromatic rings. The number of para-hydroxylation sites is 2. The van der Waals surface area contributed by atoms with Gasteiger partial charge in [-0.2, -0.15) is 0 Å². The van der Waals surface area contributed by atoms with Crippen LogP contribution in [0.5, 0.6) is 11.5 Å². The monoisotopic (exact) mass is 246 g/mol. The van der Waals surface area contributed by atoms with E-state index in [1.807, 2.05) is 31.2 Å². The molecule has 3 heteroatoms. The molecule has 0 bridgehead atoms. The Bertz CT molecular complexity index is 511. The van der Waals surface area contributed by atoms with Gasteiger partial charge < -0.3 is 9.47 Å². The SMILES string of the molecule is CCOc1ccccc1OCc1ccccc1F. The summed E-state index contributed by atoms with van der Waals surface area (Å²) in [4.78, 5) is 0. The van der Waals surface area contributed by atoms with E-state index in [9.17, 15) is 4.39 Å². The Labute approximate surface area is 106 Å². The summed E-state index contributed by atoms with van der Waals surface area (Å²) in [5.74, 6) is 1.05. The van der Waals surface area contributed by atoms with Gasteiger partial charge in [-0.05, 0) is 25.1 Å². The topological polar surface area (TPSA) is 18.5 Å². The molecule has 18 heavy (non-hydrogen) atoms. The Hall–Kier alpha value is -2.03. The molecule has 2 aromatic carbocycles. The maximum Gasteiger partial charge on any atom is 0.161 e. The molecule has 0 saturated carbocycles. The normalized spacial score (nSPS) is 10.1. The lowest BCUT2D eigenvalue weighted by atomic mass is 10.2. The van der Waals surface area contributed by atoms with E-state index in [2.05, 4.69) is 0 Å². The molecule has 0 saturated heterocycles. The molecule has 0 atom stereocenters. The number of hydrogen-bond acceptors (Lipinski definition) is 2. The van der Waals surface area contributed by atoms with Gasteiger partial charge in [0.1, 0.15) is 12.4 Å². The summed E-state index contributed by atoms with van der Waals surface area (Å²) in [7, 11) is 0. The highest BCUT2D eigenvalue weighted by atomic mass is 19.1. The summed E-state index contributed by atoms with van der Waals surface area (Å²) >= 11 is 0. The summed E-state index contributed by atoms with van der Waals surface area (Å²) in [6, 6.07) is 14.0. The van der Waals surface area contributed by atoms with E-state index in [-0.39, 0.29) is 12.4 Å². The van der Waals surface area contributed by atoms with Gasteiger partial charge in [0.15, 0.2) is 11.5 Å². The summed E-state index contributed by atoms with van der Waals surface area (Å²) in [6.07, 6.45) is 0. The van der Waals surface area contributed by atoms with Crippen molar-refractivity contribution in [1.29, 1.82) is 0 Å². The maximum atomic E-state index is 13.4. The van der Waals surface area contributed by atoms with Crippen molar-refractivity contribution >= 4 is 0 Å². The van der Waals surface area contributed by atoms with E-state index in [0.29, 0.717) is 23.7 Å². The second kappa shape index (κ2) is 6.05. The summed E-state index contributed by atoms with van der Waals surface area (Å²) in [5, 5.41) is 0. The molecule has 0 radical (unpaired) electrons. The van der Waals surface area contributed by atoms with Crippen LogP contribution in [0.4, 0.5) is 4.39 Å². The van der Waals surface area contributed by atoms with Crippen LogP contribution in [0, 0.1) is 5.82 Å². The average Bonchev–Trinajstić information content (AvgIpc) is 2.40. The van der Waals surface area contributed by atoms with Crippen molar-refractivity contribution in [2.75, 3.05) is 6.61 Å². The first-order valence-electron chi connectivity index (χ1n) is 5.89. The third-order valence-corrected chi connectivity index (χ3v) is 2.49. The molecular weight excluding hydrogens is 231 g/mol. The smallest absolute Gasteiger partial charge is 0.161 e. The second-order valence-corrected chi connectivity index (χ2v) is 3.76. The highest BCUT2D eigenvalue weighted by Crippen LogP contribution is 2.27. The van der Waals surface area contributed by atoms with E-state index in [1.165, 1.54) is 6.07 Å². The van der Waals surface area contributed by atoms with E-state index < -0.39 is 0 Å². The zero-order valence-corrected chi connectivity index (χ0v) is 10.2. The molecule has 2 rings (SSSR count). The van der Waals surface area contributed by atoms with Crippen molar-refractivity contribution in [2.45, 2.75) is 13.5 Å². The van der Waals surface area contributed by atoms with Crippen LogP contribution in [-0.4, -0.2) is 6.61 Å². The van der Waals surface area contributed by atoms with E-state index >= 15 is 0 Å². The molecule has 2 nitrogen and oxygen atoms in total. The van der Waals surface area contributed by atoms with E-state index in [0.717, 1.165) is 0 Å². The number of benzene rings is 2. The highest BCUT2D eigenvalue weighted by molar-refractivity contribution is 5.39. The lowest BCUT2D eigenvalue weighted by Crippen LogP contribution is -2.00. The molecule has 0 unspecified atom stereocenters. The average molecular weight is 246 g/mol. The van der Waals surface area contributed by atoms with Gasteiger partial charge in [-0.3, -0.25) is 0 Å². The first kappa shape index (κ1) is 12.4. The fraction of sp³-hybridized carbons (Fsp3) is 0.200. The zero-order valence-electron chi connectivity index (χ0n) is 10.2. The van der Waals surface area contributed by atoms with Crippen molar-refractivity contribution in [3.8, 4) is 11.5 Å². The Kier molecular flexibility index (Phi) is 4.18. The van der Waals surface area contributed by atoms with Crippen molar-refractivity contribution in [2.24, 2.45) is 0 Å². The number of ether oxygens (including phenoxy) is 2. The Balaban J connectivity index is 2.08. The molecular formula is C15H15FO2. The fourth-order valence-electron chi connectivity index (χ4n) is 1.62. The van der Waals surface area contributed by atoms with Crippen molar-refractivity contribution in [3.63, 3.8) is 0 Å². The molecule has 0 aliphatic rings. The van der Waals surface area contributed by atoms with Gasteiger partial charge in [0, 0.05) is 5.56 Å². The first-order valence-corrected chi connectivity index (χ1v) is 5.89. The molecule has 0 heterocycles. The van der Waals surface area contributed by atoms with Gasteiger partial charge in [-0.25, -0.2) is 4.39 Å². The van der Waals surface area contributed by atoms with Gasteiger partial charge in [0.25, 0.3) is 0 Å². The minimum atomic E-state index is -0.258. The summed E-state index contributed by atoms with van der Waals surface area (Å²) in [5.41, 5.74) is 0.531. The van der Waals surface area contributed by atoms with Crippen LogP contribution in [0.2, 0.25) is 0 Å². The van der Waals surface area contributed by atoms with E-state index in [4.69, 9.17) is 9.47 Å². The maximum absolute atomic E-state index is 13.4. The predicted octanol–water partition coefficient (Wildman–Crippen LogP) is 3.80. The second-order valence-electron chi connectivity index (χ2n) is 3.76. The molecule has 0 aliphatic heterocycles. The first-order chi connectivity index (χ1) is 8.81. The molecule has 0 fully saturated rings. The Morgan fingerprint density at radius 1 is 0.889 bits per heavy atom. The van der Waals surface area contributed by atoms with Gasteiger partial charge >= 0.3 is 0 Å². The predicted molar refractivity (Wildman–Crippen MR) is 68.3 cm³/mol. The molecule has 0 N–H and O–H groups in total. The van der Waals surface area contributed by atoms with Crippen molar-refractivity contribution < 1.29 is 13.9 Å². The van der Waals surface area contributed by atoms with Crippen molar-refractivity contribution in [3.05, 3.63) is 59.9 Å². The number of hydrogen-bond donors (Lipinski definition) is 0. The van der Waals surface area contributed by atoms with Crippen molar-refractivity contribution in [1.82, 2.24) is 0 Å². The lowest BCUT2D eigenvalue weighted by Gasteiger charge is -2.11. The van der Waals surface area contributed by atoms with Crippen LogP contribution in [0.1, 0.15) is 12.5 Å². The van der Waals surface area contributed by atoms with E-state index in [1.54, 1.807) is 18.2 Å². The quantitative estimate of drug-likeness (QED) is 0.798.